The van der Waals surface area contributed by atoms with E-state index in [4.69, 9.17) is 4.52 Å². The van der Waals surface area contributed by atoms with Crippen molar-refractivity contribution in [1.29, 1.82) is 0 Å². The van der Waals surface area contributed by atoms with Crippen molar-refractivity contribution >= 4 is 5.91 Å². The summed E-state index contributed by atoms with van der Waals surface area (Å²) >= 11 is 0. The highest BCUT2D eigenvalue weighted by Gasteiger charge is 2.19. The highest BCUT2D eigenvalue weighted by Crippen LogP contribution is 2.11. The molecule has 10 heteroatoms. The van der Waals surface area contributed by atoms with Crippen molar-refractivity contribution in [3.05, 3.63) is 57.1 Å². The van der Waals surface area contributed by atoms with Crippen LogP contribution >= 0.6 is 0 Å². The molecule has 1 aromatic carbocycles. The molecule has 0 fully saturated rings. The molecule has 29 heavy (non-hydrogen) atoms. The number of carbonyl (C=O) groups is 1. The number of rotatable bonds is 7. The fraction of sp³-hybridized carbons (Fsp3) is 0.368. The third-order valence-corrected chi connectivity index (χ3v) is 4.44. The Morgan fingerprint density at radius 2 is 1.97 bits per heavy atom. The molecule has 152 valence electrons. The van der Waals surface area contributed by atoms with Gasteiger partial charge in [0.25, 0.3) is 5.56 Å². The van der Waals surface area contributed by atoms with E-state index in [2.05, 4.69) is 20.6 Å². The van der Waals surface area contributed by atoms with Crippen LogP contribution in [0.3, 0.4) is 0 Å². The van der Waals surface area contributed by atoms with Crippen LogP contribution in [-0.4, -0.2) is 36.4 Å². The summed E-state index contributed by atoms with van der Waals surface area (Å²) in [6.07, 6.45) is 1.25. The van der Waals surface area contributed by atoms with Gasteiger partial charge in [0.2, 0.25) is 17.6 Å². The standard InChI is InChI=1S/C19H22N6O4/c1-4-12(2)20-14(26)10-11-15-21-17(23-29-15)16-18(27)24(3)19(28)25(22-16)13-8-6-5-7-9-13/h5-9,12H,4,10-11H2,1-3H3,(H,20,26)/t12-/m0/s1. The van der Waals surface area contributed by atoms with Crippen molar-refractivity contribution in [2.45, 2.75) is 39.2 Å². The van der Waals surface area contributed by atoms with Gasteiger partial charge in [-0.3, -0.25) is 14.2 Å². The molecule has 1 N–H and O–H groups in total. The van der Waals surface area contributed by atoms with Crippen LogP contribution in [0.25, 0.3) is 17.2 Å². The molecule has 0 bridgehead atoms. The minimum absolute atomic E-state index is 0.0346. The zero-order chi connectivity index (χ0) is 21.0. The molecule has 3 aromatic rings. The lowest BCUT2D eigenvalue weighted by atomic mass is 10.2. The number of hydrogen-bond acceptors (Lipinski definition) is 7. The van der Waals surface area contributed by atoms with E-state index in [0.29, 0.717) is 5.69 Å². The largest absolute Gasteiger partial charge is 0.354 e. The molecule has 0 aliphatic heterocycles. The van der Waals surface area contributed by atoms with Crippen molar-refractivity contribution in [2.24, 2.45) is 7.05 Å². The van der Waals surface area contributed by atoms with Gasteiger partial charge in [-0.15, -0.1) is 0 Å². The Hall–Kier alpha value is -3.56. The van der Waals surface area contributed by atoms with E-state index in [9.17, 15) is 14.4 Å². The molecule has 0 unspecified atom stereocenters. The first kappa shape index (κ1) is 20.2. The maximum atomic E-state index is 12.5. The molecule has 1 atom stereocenters. The lowest BCUT2D eigenvalue weighted by Crippen LogP contribution is -2.40. The second-order valence-electron chi connectivity index (χ2n) is 6.63. The average molecular weight is 398 g/mol. The van der Waals surface area contributed by atoms with Gasteiger partial charge in [-0.05, 0) is 25.5 Å². The Balaban J connectivity index is 1.87. The van der Waals surface area contributed by atoms with E-state index >= 15 is 0 Å². The average Bonchev–Trinajstić information content (AvgIpc) is 3.20. The number of amides is 1. The van der Waals surface area contributed by atoms with Crippen LogP contribution in [0.4, 0.5) is 0 Å². The Bertz CT molecular complexity index is 1120. The number of aryl methyl sites for hydroxylation is 1. The smallest absolute Gasteiger partial charge is 0.351 e. The third-order valence-electron chi connectivity index (χ3n) is 4.44. The Morgan fingerprint density at radius 3 is 2.66 bits per heavy atom. The van der Waals surface area contributed by atoms with Crippen LogP contribution in [0, 0.1) is 0 Å². The molecule has 3 rings (SSSR count). The van der Waals surface area contributed by atoms with Gasteiger partial charge >= 0.3 is 5.69 Å². The second kappa shape index (κ2) is 8.63. The summed E-state index contributed by atoms with van der Waals surface area (Å²) in [5, 5.41) is 10.8. The lowest BCUT2D eigenvalue weighted by molar-refractivity contribution is -0.121. The summed E-state index contributed by atoms with van der Waals surface area (Å²) in [7, 11) is 1.36. The molecular weight excluding hydrogens is 376 g/mol. The maximum Gasteiger partial charge on any atom is 0.351 e. The van der Waals surface area contributed by atoms with Crippen molar-refractivity contribution in [1.82, 2.24) is 29.8 Å². The van der Waals surface area contributed by atoms with Gasteiger partial charge < -0.3 is 9.84 Å². The van der Waals surface area contributed by atoms with E-state index in [1.54, 1.807) is 30.3 Å². The monoisotopic (exact) mass is 398 g/mol. The van der Waals surface area contributed by atoms with Gasteiger partial charge in [0.05, 0.1) is 5.69 Å². The predicted octanol–water partition coefficient (Wildman–Crippen LogP) is 0.829. The summed E-state index contributed by atoms with van der Waals surface area (Å²) in [6, 6.07) is 8.80. The molecule has 1 amide bonds. The van der Waals surface area contributed by atoms with Crippen LogP contribution in [0.15, 0.2) is 44.4 Å². The van der Waals surface area contributed by atoms with E-state index in [-0.39, 0.29) is 42.2 Å². The zero-order valence-corrected chi connectivity index (χ0v) is 16.5. The fourth-order valence-corrected chi connectivity index (χ4v) is 2.57. The van der Waals surface area contributed by atoms with Gasteiger partial charge in [-0.1, -0.05) is 30.3 Å². The number of para-hydroxylation sites is 1. The molecule has 10 nitrogen and oxygen atoms in total. The fourth-order valence-electron chi connectivity index (χ4n) is 2.57. The number of hydrogen-bond donors (Lipinski definition) is 1. The molecule has 2 heterocycles. The van der Waals surface area contributed by atoms with Crippen molar-refractivity contribution in [2.75, 3.05) is 0 Å². The first-order valence-electron chi connectivity index (χ1n) is 9.28. The number of benzene rings is 1. The zero-order valence-electron chi connectivity index (χ0n) is 16.5. The van der Waals surface area contributed by atoms with Gasteiger partial charge in [0.15, 0.2) is 5.69 Å². The van der Waals surface area contributed by atoms with E-state index < -0.39 is 11.2 Å². The summed E-state index contributed by atoms with van der Waals surface area (Å²) in [5.74, 6) is 0.0546. The van der Waals surface area contributed by atoms with E-state index in [1.807, 2.05) is 13.8 Å². The van der Waals surface area contributed by atoms with Crippen LogP contribution in [0.5, 0.6) is 0 Å². The Labute approximate surface area is 166 Å². The van der Waals surface area contributed by atoms with Crippen molar-refractivity contribution in [3.8, 4) is 17.2 Å². The molecule has 0 spiro atoms. The minimum atomic E-state index is -0.635. The van der Waals surface area contributed by atoms with Crippen LogP contribution in [0.2, 0.25) is 0 Å². The molecule has 0 aliphatic carbocycles. The number of nitrogens with one attached hydrogen (secondary N) is 1. The Morgan fingerprint density at radius 1 is 1.24 bits per heavy atom. The van der Waals surface area contributed by atoms with Crippen molar-refractivity contribution in [3.63, 3.8) is 0 Å². The first-order valence-corrected chi connectivity index (χ1v) is 9.28. The minimum Gasteiger partial charge on any atom is -0.354 e. The van der Waals surface area contributed by atoms with Crippen LogP contribution in [0.1, 0.15) is 32.6 Å². The predicted molar refractivity (Wildman–Crippen MR) is 105 cm³/mol. The van der Waals surface area contributed by atoms with Crippen molar-refractivity contribution < 1.29 is 9.32 Å². The highest BCUT2D eigenvalue weighted by molar-refractivity contribution is 5.76. The van der Waals surface area contributed by atoms with E-state index in [0.717, 1.165) is 15.7 Å². The molecule has 0 aliphatic rings. The summed E-state index contributed by atoms with van der Waals surface area (Å²) in [4.78, 5) is 41.0. The number of nitrogens with zero attached hydrogens (tertiary/aromatic N) is 5. The maximum absolute atomic E-state index is 12.5. The summed E-state index contributed by atoms with van der Waals surface area (Å²) < 4.78 is 7.19. The molecular formula is C19H22N6O4. The van der Waals surface area contributed by atoms with Gasteiger partial charge in [0, 0.05) is 25.9 Å². The lowest BCUT2D eigenvalue weighted by Gasteiger charge is -2.10. The number of carbonyl (C=O) groups excluding carboxylic acids is 1. The van der Waals surface area contributed by atoms with Crippen LogP contribution < -0.4 is 16.6 Å². The summed E-state index contributed by atoms with van der Waals surface area (Å²) in [6.45, 7) is 3.91. The number of aromatic nitrogens is 5. The molecule has 0 saturated heterocycles. The topological polar surface area (TPSA) is 125 Å². The Kier molecular flexibility index (Phi) is 6.01. The van der Waals surface area contributed by atoms with Gasteiger partial charge in [-0.2, -0.15) is 14.8 Å². The second-order valence-corrected chi connectivity index (χ2v) is 6.63. The molecule has 0 radical (unpaired) electrons. The quantitative estimate of drug-likeness (QED) is 0.625. The normalized spacial score (nSPS) is 12.0. The molecule has 2 aromatic heterocycles. The van der Waals surface area contributed by atoms with E-state index in [1.165, 1.54) is 7.05 Å². The third kappa shape index (κ3) is 4.48. The van der Waals surface area contributed by atoms with Gasteiger partial charge in [0.1, 0.15) is 0 Å². The SMILES string of the molecule is CC[C@H](C)NC(=O)CCc1nc(-c2nn(-c3ccccc3)c(=O)n(C)c2=O)no1. The first-order chi connectivity index (χ1) is 13.9. The van der Waals surface area contributed by atoms with Crippen LogP contribution in [-0.2, 0) is 18.3 Å². The molecule has 0 saturated carbocycles. The summed E-state index contributed by atoms with van der Waals surface area (Å²) in [5.41, 5.74) is -0.839. The van der Waals surface area contributed by atoms with Gasteiger partial charge in [-0.25, -0.2) is 4.79 Å². The highest BCUT2D eigenvalue weighted by atomic mass is 16.5.